The van der Waals surface area contributed by atoms with E-state index in [9.17, 15) is 21.6 Å². The number of imidazole rings is 1. The van der Waals surface area contributed by atoms with Gasteiger partial charge in [0.05, 0.1) is 0 Å². The molecule has 0 radical (unpaired) electrons. The minimum absolute atomic E-state index is 0.476. The van der Waals surface area contributed by atoms with Crippen LogP contribution >= 0.6 is 0 Å². The maximum Gasteiger partial charge on any atom is 0.505 e. The molecule has 0 aliphatic heterocycles. The van der Waals surface area contributed by atoms with Gasteiger partial charge in [0, 0.05) is 0 Å². The molecule has 11 heteroatoms. The molecule has 1 aromatic heterocycles. The third-order valence-electron chi connectivity index (χ3n) is 1.37. The summed E-state index contributed by atoms with van der Waals surface area (Å²) >= 11 is 0. The van der Waals surface area contributed by atoms with Gasteiger partial charge in [-0.15, -0.1) is 0 Å². The Kier molecular flexibility index (Phi) is 2.97. The Morgan fingerprint density at radius 3 is 2.24 bits per heavy atom. The molecular formula is C6HF3N5O2S-. The molecule has 1 heterocycles. The second kappa shape index (κ2) is 3.95. The summed E-state index contributed by atoms with van der Waals surface area (Å²) in [5.74, 6) is -1.98. The molecule has 0 bridgehead atoms. The van der Waals surface area contributed by atoms with E-state index in [2.05, 4.69) is 19.4 Å². The SMILES string of the molecule is [C-]#[N+]c1nc([N-]S(=O)(=O)C(F)(F)F)[nH]c1[N+]#[C-]. The lowest BCUT2D eigenvalue weighted by molar-refractivity contribution is -0.0425. The Morgan fingerprint density at radius 1 is 1.29 bits per heavy atom. The van der Waals surface area contributed by atoms with Gasteiger partial charge in [-0.05, 0) is 0 Å². The Balaban J connectivity index is 3.12. The quantitative estimate of drug-likeness (QED) is 0.832. The number of H-pyrrole nitrogens is 1. The summed E-state index contributed by atoms with van der Waals surface area (Å²) in [5.41, 5.74) is -5.56. The highest BCUT2D eigenvalue weighted by Crippen LogP contribution is 2.36. The third-order valence-corrected chi connectivity index (χ3v) is 2.37. The van der Waals surface area contributed by atoms with Crippen LogP contribution in [-0.4, -0.2) is 23.9 Å². The first-order chi connectivity index (χ1) is 7.71. The van der Waals surface area contributed by atoms with E-state index in [-0.39, 0.29) is 0 Å². The van der Waals surface area contributed by atoms with Crippen molar-refractivity contribution in [3.8, 4) is 0 Å². The number of hydrogen-bond donors (Lipinski definition) is 1. The molecule has 0 aliphatic carbocycles. The van der Waals surface area contributed by atoms with Crippen molar-refractivity contribution in [1.29, 1.82) is 0 Å². The van der Waals surface area contributed by atoms with Crippen LogP contribution in [0.25, 0.3) is 14.4 Å². The molecular weight excluding hydrogens is 263 g/mol. The van der Waals surface area contributed by atoms with Gasteiger partial charge in [0.2, 0.25) is 5.82 Å². The summed E-state index contributed by atoms with van der Waals surface area (Å²) in [4.78, 5) is 10.5. The van der Waals surface area contributed by atoms with Crippen LogP contribution in [0.4, 0.5) is 30.8 Å². The second-order valence-electron chi connectivity index (χ2n) is 2.47. The van der Waals surface area contributed by atoms with E-state index in [1.807, 2.05) is 4.98 Å². The maximum atomic E-state index is 11.9. The number of sulfonamides is 1. The van der Waals surface area contributed by atoms with Crippen molar-refractivity contribution in [2.75, 3.05) is 0 Å². The van der Waals surface area contributed by atoms with Gasteiger partial charge in [-0.3, -0.25) is 0 Å². The van der Waals surface area contributed by atoms with Crippen LogP contribution in [0.2, 0.25) is 0 Å². The van der Waals surface area contributed by atoms with Gasteiger partial charge in [-0.1, -0.05) is 13.1 Å². The van der Waals surface area contributed by atoms with Crippen LogP contribution in [0.5, 0.6) is 0 Å². The molecule has 0 unspecified atom stereocenters. The van der Waals surface area contributed by atoms with E-state index in [1.165, 1.54) is 0 Å². The zero-order valence-corrected chi connectivity index (χ0v) is 8.46. The number of halogens is 3. The fourth-order valence-electron chi connectivity index (χ4n) is 0.708. The van der Waals surface area contributed by atoms with E-state index in [0.29, 0.717) is 0 Å². The lowest BCUT2D eigenvalue weighted by Gasteiger charge is -2.09. The van der Waals surface area contributed by atoms with Crippen molar-refractivity contribution in [1.82, 2.24) is 9.97 Å². The van der Waals surface area contributed by atoms with Gasteiger partial charge in [0.1, 0.15) is 5.82 Å². The molecule has 0 saturated heterocycles. The lowest BCUT2D eigenvalue weighted by Crippen LogP contribution is -2.21. The summed E-state index contributed by atoms with van der Waals surface area (Å²) in [5, 5.41) is 0. The fourth-order valence-corrected chi connectivity index (χ4v) is 1.13. The van der Waals surface area contributed by atoms with Gasteiger partial charge in [-0.2, -0.15) is 13.2 Å². The largest absolute Gasteiger partial charge is 0.505 e. The number of aromatic amines is 1. The predicted molar refractivity (Wildman–Crippen MR) is 49.1 cm³/mol. The van der Waals surface area contributed by atoms with Crippen molar-refractivity contribution >= 4 is 27.6 Å². The van der Waals surface area contributed by atoms with Crippen LogP contribution < -0.4 is 0 Å². The Bertz CT molecular complexity index is 586. The molecule has 0 atom stereocenters. The van der Waals surface area contributed by atoms with Crippen LogP contribution in [-0.2, 0) is 10.0 Å². The van der Waals surface area contributed by atoms with Crippen molar-refractivity contribution in [3.63, 3.8) is 0 Å². The van der Waals surface area contributed by atoms with Gasteiger partial charge in [-0.25, -0.2) is 13.1 Å². The summed E-state index contributed by atoms with van der Waals surface area (Å²) in [6.45, 7) is 13.1. The van der Waals surface area contributed by atoms with Crippen LogP contribution in [0.1, 0.15) is 0 Å². The Labute approximate surface area is 93.0 Å². The molecule has 0 aromatic carbocycles. The van der Waals surface area contributed by atoms with Crippen molar-refractivity contribution in [2.24, 2.45) is 0 Å². The van der Waals surface area contributed by atoms with Crippen LogP contribution in [0.3, 0.4) is 0 Å². The third kappa shape index (κ3) is 2.46. The van der Waals surface area contributed by atoms with E-state index in [0.717, 1.165) is 0 Å². The second-order valence-corrected chi connectivity index (χ2v) is 4.06. The standard InChI is InChI=1S/C6HF3N5O2S/c1-10-3-4(11-2)13-5(12-3)14-17(15,16)6(7,8)9/h(H-,12,13,14)/q-1. The maximum absolute atomic E-state index is 11.9. The first-order valence-electron chi connectivity index (χ1n) is 3.60. The minimum Gasteiger partial charge on any atom is -0.413 e. The first kappa shape index (κ1) is 12.8. The van der Waals surface area contributed by atoms with Crippen molar-refractivity contribution in [3.05, 3.63) is 27.6 Å². The average Bonchev–Trinajstić information content (AvgIpc) is 2.57. The highest BCUT2D eigenvalue weighted by molar-refractivity contribution is 7.95. The zero-order chi connectivity index (χ0) is 13.3. The number of nitrogens with zero attached hydrogens (tertiary/aromatic N) is 4. The molecule has 7 nitrogen and oxygen atoms in total. The topological polar surface area (TPSA) is 85.6 Å². The molecule has 90 valence electrons. The number of alkyl halides is 3. The van der Waals surface area contributed by atoms with Gasteiger partial charge < -0.3 is 19.7 Å². The van der Waals surface area contributed by atoms with Gasteiger partial charge in [0.15, 0.2) is 5.95 Å². The van der Waals surface area contributed by atoms with Gasteiger partial charge in [0.25, 0.3) is 0 Å². The highest BCUT2D eigenvalue weighted by Gasteiger charge is 2.45. The number of aromatic nitrogens is 2. The molecule has 0 spiro atoms. The van der Waals surface area contributed by atoms with Crippen LogP contribution in [0, 0.1) is 13.1 Å². The summed E-state index contributed by atoms with van der Waals surface area (Å²) in [6, 6.07) is 0. The van der Waals surface area contributed by atoms with Crippen molar-refractivity contribution < 1.29 is 21.6 Å². The van der Waals surface area contributed by atoms with Crippen molar-refractivity contribution in [2.45, 2.75) is 5.51 Å². The smallest absolute Gasteiger partial charge is 0.413 e. The Hall–Kier alpha value is -2.27. The molecule has 0 aliphatic rings. The zero-order valence-electron chi connectivity index (χ0n) is 7.65. The lowest BCUT2D eigenvalue weighted by atomic mass is 10.7. The van der Waals surface area contributed by atoms with E-state index in [1.54, 1.807) is 0 Å². The molecule has 17 heavy (non-hydrogen) atoms. The number of rotatable bonds is 2. The first-order valence-corrected chi connectivity index (χ1v) is 5.04. The average molecular weight is 264 g/mol. The predicted octanol–water partition coefficient (Wildman–Crippen LogP) is 2.37. The molecule has 0 amide bonds. The fraction of sp³-hybridized carbons (Fsp3) is 0.167. The van der Waals surface area contributed by atoms with E-state index >= 15 is 0 Å². The summed E-state index contributed by atoms with van der Waals surface area (Å²) < 4.78 is 59.4. The molecule has 1 aromatic rings. The normalized spacial score (nSPS) is 11.6. The number of hydrogen-bond acceptors (Lipinski definition) is 3. The van der Waals surface area contributed by atoms with Crippen LogP contribution in [0.15, 0.2) is 0 Å². The molecule has 1 rings (SSSR count). The molecule has 0 saturated carbocycles. The van der Waals surface area contributed by atoms with E-state index in [4.69, 9.17) is 13.1 Å². The molecule has 1 N–H and O–H groups in total. The van der Waals surface area contributed by atoms with Gasteiger partial charge >= 0.3 is 15.5 Å². The monoisotopic (exact) mass is 264 g/mol. The molecule has 0 fully saturated rings. The summed E-state index contributed by atoms with van der Waals surface area (Å²) in [7, 11) is -5.75. The minimum atomic E-state index is -5.75. The van der Waals surface area contributed by atoms with E-state index < -0.39 is 33.1 Å². The highest BCUT2D eigenvalue weighted by atomic mass is 32.2. The Morgan fingerprint density at radius 2 is 1.88 bits per heavy atom. The number of nitrogens with one attached hydrogen (secondary N) is 1. The summed E-state index contributed by atoms with van der Waals surface area (Å²) in [6.07, 6.45) is 0.